The number of aryl methyl sites for hydroxylation is 1. The van der Waals surface area contributed by atoms with Crippen LogP contribution >= 0.6 is 0 Å². The summed E-state index contributed by atoms with van der Waals surface area (Å²) in [5.41, 5.74) is 2.10. The maximum Gasteiger partial charge on any atom is 0.240 e. The van der Waals surface area contributed by atoms with Crippen LogP contribution in [0.1, 0.15) is 44.2 Å². The Bertz CT molecular complexity index is 786. The van der Waals surface area contributed by atoms with Crippen LogP contribution in [0, 0.1) is 0 Å². The van der Waals surface area contributed by atoms with Crippen LogP contribution in [0.2, 0.25) is 0 Å². The maximum atomic E-state index is 12.7. The molecule has 0 saturated heterocycles. The van der Waals surface area contributed by atoms with Crippen molar-refractivity contribution in [1.29, 1.82) is 0 Å². The first-order valence-electron chi connectivity index (χ1n) is 8.57. The molecule has 136 valence electrons. The largest absolute Gasteiger partial charge is 0.496 e. The van der Waals surface area contributed by atoms with Gasteiger partial charge in [-0.2, -0.15) is 0 Å². The molecule has 0 aliphatic rings. The molecule has 0 saturated carbocycles. The van der Waals surface area contributed by atoms with E-state index in [-0.39, 0.29) is 16.9 Å². The molecule has 0 amide bonds. The molecule has 25 heavy (non-hydrogen) atoms. The average Bonchev–Trinajstić information content (AvgIpc) is 2.59. The number of methoxy groups -OCH3 is 1. The molecule has 0 aliphatic heterocycles. The Labute approximate surface area is 151 Å². The minimum atomic E-state index is -3.55. The van der Waals surface area contributed by atoms with Crippen molar-refractivity contribution < 1.29 is 13.2 Å². The fourth-order valence-corrected chi connectivity index (χ4v) is 4.06. The summed E-state index contributed by atoms with van der Waals surface area (Å²) in [6, 6.07) is 15.0. The topological polar surface area (TPSA) is 55.4 Å². The van der Waals surface area contributed by atoms with Gasteiger partial charge in [-0.05, 0) is 55.0 Å². The lowest BCUT2D eigenvalue weighted by atomic mass is 10.0. The monoisotopic (exact) mass is 361 g/mol. The molecule has 1 N–H and O–H groups in total. The molecular weight excluding hydrogens is 334 g/mol. The average molecular weight is 362 g/mol. The molecule has 0 unspecified atom stereocenters. The SMILES string of the molecule is COc1ccc(S(=O)(=O)N[C@H](C)CCc2ccccc2)cc1C(C)C. The lowest BCUT2D eigenvalue weighted by Gasteiger charge is -2.17. The fraction of sp³-hybridized carbons (Fsp3) is 0.400. The summed E-state index contributed by atoms with van der Waals surface area (Å²) >= 11 is 0. The van der Waals surface area contributed by atoms with Gasteiger partial charge >= 0.3 is 0 Å². The lowest BCUT2D eigenvalue weighted by Crippen LogP contribution is -2.33. The van der Waals surface area contributed by atoms with E-state index in [1.54, 1.807) is 25.3 Å². The molecule has 0 radical (unpaired) electrons. The number of rotatable bonds is 8. The highest BCUT2D eigenvalue weighted by Gasteiger charge is 2.20. The van der Waals surface area contributed by atoms with Gasteiger partial charge in [0.1, 0.15) is 5.75 Å². The van der Waals surface area contributed by atoms with E-state index in [4.69, 9.17) is 4.74 Å². The Morgan fingerprint density at radius 2 is 1.72 bits per heavy atom. The van der Waals surface area contributed by atoms with Crippen molar-refractivity contribution in [3.8, 4) is 5.75 Å². The molecule has 2 aromatic carbocycles. The zero-order valence-electron chi connectivity index (χ0n) is 15.3. The van der Waals surface area contributed by atoms with Gasteiger partial charge in [-0.15, -0.1) is 0 Å². The van der Waals surface area contributed by atoms with Crippen molar-refractivity contribution >= 4 is 10.0 Å². The minimum absolute atomic E-state index is 0.144. The van der Waals surface area contributed by atoms with Crippen LogP contribution in [0.25, 0.3) is 0 Å². The first-order chi connectivity index (χ1) is 11.8. The van der Waals surface area contributed by atoms with Gasteiger partial charge in [0.2, 0.25) is 10.0 Å². The van der Waals surface area contributed by atoms with Gasteiger partial charge in [-0.1, -0.05) is 44.2 Å². The van der Waals surface area contributed by atoms with E-state index < -0.39 is 10.0 Å². The predicted octanol–water partition coefficient (Wildman–Crippen LogP) is 4.12. The summed E-state index contributed by atoms with van der Waals surface area (Å²) in [5.74, 6) is 0.895. The van der Waals surface area contributed by atoms with Crippen LogP contribution in [0.15, 0.2) is 53.4 Å². The maximum absolute atomic E-state index is 12.7. The predicted molar refractivity (Wildman–Crippen MR) is 102 cm³/mol. The van der Waals surface area contributed by atoms with Crippen molar-refractivity contribution in [1.82, 2.24) is 4.72 Å². The molecule has 0 fully saturated rings. The van der Waals surface area contributed by atoms with Gasteiger partial charge in [0.05, 0.1) is 12.0 Å². The zero-order valence-corrected chi connectivity index (χ0v) is 16.1. The van der Waals surface area contributed by atoms with E-state index in [9.17, 15) is 8.42 Å². The molecule has 0 heterocycles. The molecule has 0 spiro atoms. The van der Waals surface area contributed by atoms with Crippen LogP contribution in [-0.4, -0.2) is 21.6 Å². The number of ether oxygens (including phenoxy) is 1. The first-order valence-corrected chi connectivity index (χ1v) is 10.1. The Balaban J connectivity index is 2.09. The second kappa shape index (κ2) is 8.50. The minimum Gasteiger partial charge on any atom is -0.496 e. The third kappa shape index (κ3) is 5.31. The van der Waals surface area contributed by atoms with Crippen LogP contribution in [0.4, 0.5) is 0 Å². The second-order valence-corrected chi connectivity index (χ2v) is 8.32. The lowest BCUT2D eigenvalue weighted by molar-refractivity contribution is 0.407. The summed E-state index contributed by atoms with van der Waals surface area (Å²) in [6.45, 7) is 5.93. The van der Waals surface area contributed by atoms with Crippen LogP contribution in [0.3, 0.4) is 0 Å². The Morgan fingerprint density at radius 3 is 2.32 bits per heavy atom. The standard InChI is InChI=1S/C20H27NO3S/c1-15(2)19-14-18(12-13-20(19)24-4)25(22,23)21-16(3)10-11-17-8-6-5-7-9-17/h5-9,12-16,21H,10-11H2,1-4H3/t16-/m1/s1. The Hall–Kier alpha value is -1.85. The molecule has 1 atom stereocenters. The highest BCUT2D eigenvalue weighted by atomic mass is 32.2. The smallest absolute Gasteiger partial charge is 0.240 e. The van der Waals surface area contributed by atoms with Crippen LogP contribution in [-0.2, 0) is 16.4 Å². The molecular formula is C20H27NO3S. The van der Waals surface area contributed by atoms with Gasteiger partial charge in [0, 0.05) is 6.04 Å². The normalized spacial score (nSPS) is 13.0. The van der Waals surface area contributed by atoms with Gasteiger partial charge in [0.15, 0.2) is 0 Å². The highest BCUT2D eigenvalue weighted by molar-refractivity contribution is 7.89. The number of hydrogen-bond donors (Lipinski definition) is 1. The molecule has 0 aromatic heterocycles. The van der Waals surface area contributed by atoms with Crippen LogP contribution < -0.4 is 9.46 Å². The Kier molecular flexibility index (Phi) is 6.62. The highest BCUT2D eigenvalue weighted by Crippen LogP contribution is 2.29. The summed E-state index contributed by atoms with van der Waals surface area (Å²) in [6.07, 6.45) is 1.58. The second-order valence-electron chi connectivity index (χ2n) is 6.61. The third-order valence-corrected chi connectivity index (χ3v) is 5.79. The summed E-state index contributed by atoms with van der Waals surface area (Å²) in [5, 5.41) is 0. The van der Waals surface area contributed by atoms with Gasteiger partial charge in [-0.25, -0.2) is 13.1 Å². The summed E-state index contributed by atoms with van der Waals surface area (Å²) in [7, 11) is -1.95. The number of nitrogens with one attached hydrogen (secondary N) is 1. The van der Waals surface area contributed by atoms with Crippen molar-refractivity contribution in [3.05, 3.63) is 59.7 Å². The van der Waals surface area contributed by atoms with Gasteiger partial charge in [-0.3, -0.25) is 0 Å². The van der Waals surface area contributed by atoms with Crippen molar-refractivity contribution in [2.24, 2.45) is 0 Å². The van der Waals surface area contributed by atoms with E-state index >= 15 is 0 Å². The van der Waals surface area contributed by atoms with Gasteiger partial charge in [0.25, 0.3) is 0 Å². The van der Waals surface area contributed by atoms with E-state index in [0.717, 1.165) is 18.4 Å². The van der Waals surface area contributed by atoms with E-state index in [2.05, 4.69) is 16.9 Å². The van der Waals surface area contributed by atoms with Crippen LogP contribution in [0.5, 0.6) is 5.75 Å². The van der Waals surface area contributed by atoms with E-state index in [1.807, 2.05) is 39.0 Å². The molecule has 0 aliphatic carbocycles. The number of benzene rings is 2. The summed E-state index contributed by atoms with van der Waals surface area (Å²) in [4.78, 5) is 0.281. The van der Waals surface area contributed by atoms with Crippen molar-refractivity contribution in [2.75, 3.05) is 7.11 Å². The fourth-order valence-electron chi connectivity index (χ4n) is 2.75. The zero-order chi connectivity index (χ0) is 18.4. The van der Waals surface area contributed by atoms with E-state index in [1.165, 1.54) is 5.56 Å². The number of sulfonamides is 1. The Morgan fingerprint density at radius 1 is 1.04 bits per heavy atom. The number of hydrogen-bond acceptors (Lipinski definition) is 3. The summed E-state index contributed by atoms with van der Waals surface area (Å²) < 4.78 is 33.5. The molecule has 2 rings (SSSR count). The molecule has 2 aromatic rings. The third-order valence-electron chi connectivity index (χ3n) is 4.20. The van der Waals surface area contributed by atoms with Crippen molar-refractivity contribution in [3.63, 3.8) is 0 Å². The molecule has 0 bridgehead atoms. The molecule has 4 nitrogen and oxygen atoms in total. The van der Waals surface area contributed by atoms with Crippen molar-refractivity contribution in [2.45, 2.75) is 50.5 Å². The van der Waals surface area contributed by atoms with E-state index in [0.29, 0.717) is 5.75 Å². The molecule has 5 heteroatoms. The van der Waals surface area contributed by atoms with Gasteiger partial charge < -0.3 is 4.74 Å². The quantitative estimate of drug-likeness (QED) is 0.769. The first kappa shape index (κ1) is 19.5.